The summed E-state index contributed by atoms with van der Waals surface area (Å²) < 4.78 is 0.972. The molecule has 18 heavy (non-hydrogen) atoms. The van der Waals surface area contributed by atoms with Crippen molar-refractivity contribution in [3.8, 4) is 0 Å². The molecule has 0 fully saturated rings. The smallest absolute Gasteiger partial charge is 0.318 e. The van der Waals surface area contributed by atoms with Crippen molar-refractivity contribution >= 4 is 32.8 Å². The number of nitrogens with zero attached hydrogens (tertiary/aromatic N) is 2. The van der Waals surface area contributed by atoms with E-state index in [0.717, 1.165) is 21.1 Å². The molecule has 0 saturated heterocycles. The largest absolute Gasteiger partial charge is 0.340 e. The highest BCUT2D eigenvalue weighted by Gasteiger charge is 2.25. The van der Waals surface area contributed by atoms with Gasteiger partial charge in [0.2, 0.25) is 0 Å². The zero-order valence-corrected chi connectivity index (χ0v) is 12.4. The van der Waals surface area contributed by atoms with E-state index in [2.05, 4.69) is 21.0 Å². The van der Waals surface area contributed by atoms with Crippen LogP contribution in [0.3, 0.4) is 0 Å². The standard InChI is InChI=1S/C13H15BrN2O2/c1-8-10-7-9(14)5-6-11(10)16(15-8)18-12(17)13(2,3)4/h5-7H,1-4H3. The molecule has 0 aliphatic rings. The predicted octanol–water partition coefficient (Wildman–Crippen LogP) is 3.11. The molecule has 0 radical (unpaired) electrons. The van der Waals surface area contributed by atoms with Crippen LogP contribution in [0.25, 0.3) is 10.9 Å². The minimum absolute atomic E-state index is 0.310. The second-order valence-electron chi connectivity index (χ2n) is 5.25. The van der Waals surface area contributed by atoms with Crippen molar-refractivity contribution in [2.75, 3.05) is 0 Å². The van der Waals surface area contributed by atoms with Gasteiger partial charge in [0.1, 0.15) is 5.52 Å². The van der Waals surface area contributed by atoms with E-state index in [0.29, 0.717) is 0 Å². The van der Waals surface area contributed by atoms with Gasteiger partial charge in [-0.15, -0.1) is 5.10 Å². The van der Waals surface area contributed by atoms with E-state index in [9.17, 15) is 4.79 Å². The van der Waals surface area contributed by atoms with E-state index in [1.807, 2.05) is 45.9 Å². The molecular weight excluding hydrogens is 296 g/mol. The van der Waals surface area contributed by atoms with Crippen molar-refractivity contribution in [2.45, 2.75) is 27.7 Å². The van der Waals surface area contributed by atoms with Crippen molar-refractivity contribution in [3.05, 3.63) is 28.4 Å². The highest BCUT2D eigenvalue weighted by atomic mass is 79.9. The number of aromatic nitrogens is 2. The second kappa shape index (κ2) is 4.39. The number of benzene rings is 1. The van der Waals surface area contributed by atoms with Gasteiger partial charge in [-0.2, -0.15) is 0 Å². The topological polar surface area (TPSA) is 44.1 Å². The van der Waals surface area contributed by atoms with E-state index in [-0.39, 0.29) is 5.97 Å². The Balaban J connectivity index is 2.44. The Morgan fingerprint density at radius 2 is 2.06 bits per heavy atom. The van der Waals surface area contributed by atoms with Crippen LogP contribution in [-0.4, -0.2) is 15.9 Å². The number of fused-ring (bicyclic) bond motifs is 1. The van der Waals surface area contributed by atoms with Crippen molar-refractivity contribution in [1.82, 2.24) is 9.94 Å². The molecule has 0 atom stereocenters. The van der Waals surface area contributed by atoms with Crippen LogP contribution in [-0.2, 0) is 4.79 Å². The summed E-state index contributed by atoms with van der Waals surface area (Å²) in [4.78, 5) is 18.5. The Kier molecular flexibility index (Phi) is 3.19. The van der Waals surface area contributed by atoms with Gasteiger partial charge in [-0.25, -0.2) is 4.79 Å². The van der Waals surface area contributed by atoms with Gasteiger partial charge in [-0.1, -0.05) is 20.8 Å². The monoisotopic (exact) mass is 310 g/mol. The molecule has 2 rings (SSSR count). The van der Waals surface area contributed by atoms with E-state index in [1.165, 1.54) is 4.85 Å². The minimum atomic E-state index is -0.554. The summed E-state index contributed by atoms with van der Waals surface area (Å²) in [6.07, 6.45) is 0. The Morgan fingerprint density at radius 1 is 1.39 bits per heavy atom. The molecule has 0 amide bonds. The number of hydrogen-bond acceptors (Lipinski definition) is 3. The fraction of sp³-hybridized carbons (Fsp3) is 0.385. The van der Waals surface area contributed by atoms with Crippen molar-refractivity contribution < 1.29 is 9.63 Å². The summed E-state index contributed by atoms with van der Waals surface area (Å²) >= 11 is 3.41. The molecule has 0 aliphatic carbocycles. The lowest BCUT2D eigenvalue weighted by molar-refractivity contribution is -0.154. The summed E-state index contributed by atoms with van der Waals surface area (Å²) in [7, 11) is 0. The lowest BCUT2D eigenvalue weighted by Gasteiger charge is -2.15. The molecule has 1 heterocycles. The van der Waals surface area contributed by atoms with E-state index in [4.69, 9.17) is 4.84 Å². The number of aryl methyl sites for hydroxylation is 1. The predicted molar refractivity (Wildman–Crippen MR) is 73.2 cm³/mol. The SMILES string of the molecule is Cc1nn(OC(=O)C(C)(C)C)c2ccc(Br)cc12. The third-order valence-electron chi connectivity index (χ3n) is 2.58. The summed E-state index contributed by atoms with van der Waals surface area (Å²) in [6, 6.07) is 5.72. The van der Waals surface area contributed by atoms with Crippen LogP contribution in [0.15, 0.2) is 22.7 Å². The van der Waals surface area contributed by atoms with Gasteiger partial charge >= 0.3 is 5.97 Å². The molecule has 5 heteroatoms. The minimum Gasteiger partial charge on any atom is -0.318 e. The number of halogens is 1. The van der Waals surface area contributed by atoms with Crippen LogP contribution in [0.4, 0.5) is 0 Å². The fourth-order valence-electron chi connectivity index (χ4n) is 1.49. The molecular formula is C13H15BrN2O2. The number of hydrogen-bond donors (Lipinski definition) is 0. The van der Waals surface area contributed by atoms with Gasteiger partial charge in [0.25, 0.3) is 0 Å². The molecule has 1 aromatic heterocycles. The van der Waals surface area contributed by atoms with Gasteiger partial charge in [0, 0.05) is 9.86 Å². The molecule has 4 nitrogen and oxygen atoms in total. The Hall–Kier alpha value is -1.36. The van der Waals surface area contributed by atoms with Crippen LogP contribution in [0.5, 0.6) is 0 Å². The molecule has 0 saturated carbocycles. The molecule has 0 aliphatic heterocycles. The molecule has 96 valence electrons. The van der Waals surface area contributed by atoms with Gasteiger partial charge in [-0.3, -0.25) is 0 Å². The average molecular weight is 311 g/mol. The van der Waals surface area contributed by atoms with Gasteiger partial charge in [-0.05, 0) is 45.9 Å². The van der Waals surface area contributed by atoms with Crippen molar-refractivity contribution in [1.29, 1.82) is 0 Å². The molecule has 1 aromatic carbocycles. The molecule has 0 unspecified atom stereocenters. The maximum absolute atomic E-state index is 11.9. The van der Waals surface area contributed by atoms with E-state index >= 15 is 0 Å². The average Bonchev–Trinajstić information content (AvgIpc) is 2.54. The second-order valence-corrected chi connectivity index (χ2v) is 6.16. The zero-order chi connectivity index (χ0) is 13.5. The third kappa shape index (κ3) is 2.41. The summed E-state index contributed by atoms with van der Waals surface area (Å²) in [5, 5.41) is 5.20. The summed E-state index contributed by atoms with van der Waals surface area (Å²) in [5.74, 6) is -0.310. The molecule has 0 spiro atoms. The highest BCUT2D eigenvalue weighted by molar-refractivity contribution is 9.10. The Morgan fingerprint density at radius 3 is 2.67 bits per heavy atom. The molecule has 0 bridgehead atoms. The lowest BCUT2D eigenvalue weighted by Crippen LogP contribution is -2.31. The molecule has 0 N–H and O–H groups in total. The quantitative estimate of drug-likeness (QED) is 0.813. The Bertz CT molecular complexity index is 611. The third-order valence-corrected chi connectivity index (χ3v) is 3.07. The number of carbonyl (C=O) groups excluding carboxylic acids is 1. The van der Waals surface area contributed by atoms with Gasteiger partial charge in [0.15, 0.2) is 0 Å². The van der Waals surface area contributed by atoms with Crippen LogP contribution in [0, 0.1) is 12.3 Å². The first-order chi connectivity index (χ1) is 8.29. The normalized spacial score (nSPS) is 11.8. The number of carbonyl (C=O) groups is 1. The van der Waals surface area contributed by atoms with E-state index in [1.54, 1.807) is 0 Å². The Labute approximate surface area is 114 Å². The maximum Gasteiger partial charge on any atom is 0.340 e. The van der Waals surface area contributed by atoms with Crippen LogP contribution in [0.2, 0.25) is 0 Å². The molecule has 2 aromatic rings. The van der Waals surface area contributed by atoms with Gasteiger partial charge in [0.05, 0.1) is 11.1 Å². The lowest BCUT2D eigenvalue weighted by atomic mass is 9.98. The number of rotatable bonds is 1. The zero-order valence-electron chi connectivity index (χ0n) is 10.8. The van der Waals surface area contributed by atoms with Gasteiger partial charge < -0.3 is 4.84 Å². The van der Waals surface area contributed by atoms with Crippen LogP contribution in [0.1, 0.15) is 26.5 Å². The van der Waals surface area contributed by atoms with Crippen LogP contribution >= 0.6 is 15.9 Å². The maximum atomic E-state index is 11.9. The summed E-state index contributed by atoms with van der Waals surface area (Å²) in [5.41, 5.74) is 1.06. The van der Waals surface area contributed by atoms with E-state index < -0.39 is 5.41 Å². The first kappa shape index (κ1) is 13.1. The highest BCUT2D eigenvalue weighted by Crippen LogP contribution is 2.23. The summed E-state index contributed by atoms with van der Waals surface area (Å²) in [6.45, 7) is 7.32. The first-order valence-electron chi connectivity index (χ1n) is 5.67. The fourth-order valence-corrected chi connectivity index (χ4v) is 1.85. The van der Waals surface area contributed by atoms with Crippen molar-refractivity contribution in [2.24, 2.45) is 5.41 Å². The van der Waals surface area contributed by atoms with Crippen LogP contribution < -0.4 is 4.84 Å². The first-order valence-corrected chi connectivity index (χ1v) is 6.46. The van der Waals surface area contributed by atoms with Crippen molar-refractivity contribution in [3.63, 3.8) is 0 Å².